The van der Waals surface area contributed by atoms with Gasteiger partial charge < -0.3 is 10.5 Å². The molecule has 0 saturated heterocycles. The smallest absolute Gasteiger partial charge is 0.305 e. The Morgan fingerprint density at radius 2 is 1.33 bits per heavy atom. The number of nitrogens with two attached hydrogens (primary N) is 1. The molecule has 3 nitrogen and oxygen atoms in total. The van der Waals surface area contributed by atoms with E-state index in [2.05, 4.69) is 19.1 Å². The second-order valence-corrected chi connectivity index (χ2v) is 6.70. The van der Waals surface area contributed by atoms with Gasteiger partial charge in [-0.3, -0.25) is 4.79 Å². The van der Waals surface area contributed by atoms with Crippen LogP contribution in [0.3, 0.4) is 0 Å². The van der Waals surface area contributed by atoms with Gasteiger partial charge in [0.2, 0.25) is 0 Å². The van der Waals surface area contributed by atoms with Crippen LogP contribution < -0.4 is 5.73 Å². The molecule has 0 aliphatic rings. The highest BCUT2D eigenvalue weighted by Gasteiger charge is 2.01. The van der Waals surface area contributed by atoms with Gasteiger partial charge in [-0.05, 0) is 45.1 Å². The predicted octanol–water partition coefficient (Wildman–Crippen LogP) is 5.92. The van der Waals surface area contributed by atoms with E-state index in [1.165, 1.54) is 70.6 Å². The molecular formula is C21H41NO2. The molecule has 0 aromatic heterocycles. The normalized spacial score (nSPS) is 11.2. The first-order chi connectivity index (χ1) is 11.8. The van der Waals surface area contributed by atoms with E-state index in [-0.39, 0.29) is 5.97 Å². The Bertz CT molecular complexity index is 290. The molecule has 142 valence electrons. The van der Waals surface area contributed by atoms with Gasteiger partial charge in [0.1, 0.15) is 0 Å². The first-order valence-corrected chi connectivity index (χ1v) is 10.3. The summed E-state index contributed by atoms with van der Waals surface area (Å²) in [6.45, 7) is 3.32. The third-order valence-electron chi connectivity index (χ3n) is 4.25. The van der Waals surface area contributed by atoms with E-state index in [0.29, 0.717) is 19.6 Å². The molecule has 0 aliphatic heterocycles. The number of allylic oxidation sites excluding steroid dienone is 2. The molecule has 0 amide bonds. The highest BCUT2D eigenvalue weighted by Crippen LogP contribution is 2.10. The van der Waals surface area contributed by atoms with E-state index in [4.69, 9.17) is 10.5 Å². The highest BCUT2D eigenvalue weighted by molar-refractivity contribution is 5.69. The summed E-state index contributed by atoms with van der Waals surface area (Å²) in [5.41, 5.74) is 5.35. The molecule has 0 aromatic rings. The molecule has 2 N–H and O–H groups in total. The third kappa shape index (κ3) is 19.2. The fourth-order valence-corrected chi connectivity index (χ4v) is 2.68. The second kappa shape index (κ2) is 20.2. The lowest BCUT2D eigenvalue weighted by molar-refractivity contribution is -0.143. The van der Waals surface area contributed by atoms with Gasteiger partial charge in [0.25, 0.3) is 0 Å². The van der Waals surface area contributed by atoms with Crippen molar-refractivity contribution in [2.24, 2.45) is 5.73 Å². The Balaban J connectivity index is 3.16. The number of esters is 1. The quantitative estimate of drug-likeness (QED) is 0.192. The van der Waals surface area contributed by atoms with Crippen LogP contribution in [0.4, 0.5) is 0 Å². The van der Waals surface area contributed by atoms with Crippen LogP contribution in [0.2, 0.25) is 0 Å². The Hall–Kier alpha value is -0.830. The van der Waals surface area contributed by atoms with Crippen LogP contribution in [-0.4, -0.2) is 19.1 Å². The van der Waals surface area contributed by atoms with Gasteiger partial charge in [0, 0.05) is 6.42 Å². The fourth-order valence-electron chi connectivity index (χ4n) is 2.68. The van der Waals surface area contributed by atoms with Crippen molar-refractivity contribution >= 4 is 5.97 Å². The summed E-state index contributed by atoms with van der Waals surface area (Å²) in [4.78, 5) is 11.4. The molecule has 0 aromatic carbocycles. The van der Waals surface area contributed by atoms with Crippen molar-refractivity contribution in [1.82, 2.24) is 0 Å². The maximum atomic E-state index is 11.4. The number of carbonyl (C=O) groups excluding carboxylic acids is 1. The monoisotopic (exact) mass is 339 g/mol. The zero-order chi connectivity index (χ0) is 17.7. The maximum absolute atomic E-state index is 11.4. The molecular weight excluding hydrogens is 298 g/mol. The van der Waals surface area contributed by atoms with Crippen molar-refractivity contribution in [3.05, 3.63) is 12.2 Å². The lowest BCUT2D eigenvalue weighted by Crippen LogP contribution is -2.09. The van der Waals surface area contributed by atoms with Gasteiger partial charge in [-0.15, -0.1) is 0 Å². The van der Waals surface area contributed by atoms with E-state index in [9.17, 15) is 4.79 Å². The number of carbonyl (C=O) groups is 1. The maximum Gasteiger partial charge on any atom is 0.305 e. The van der Waals surface area contributed by atoms with E-state index >= 15 is 0 Å². The van der Waals surface area contributed by atoms with E-state index < -0.39 is 0 Å². The molecule has 24 heavy (non-hydrogen) atoms. The van der Waals surface area contributed by atoms with E-state index in [1.54, 1.807) is 0 Å². The molecule has 0 radical (unpaired) electrons. The van der Waals surface area contributed by atoms with Crippen molar-refractivity contribution in [2.45, 2.75) is 103 Å². The minimum absolute atomic E-state index is 0.0684. The van der Waals surface area contributed by atoms with Crippen LogP contribution in [0.5, 0.6) is 0 Å². The van der Waals surface area contributed by atoms with Gasteiger partial charge >= 0.3 is 5.97 Å². The van der Waals surface area contributed by atoms with Crippen molar-refractivity contribution in [1.29, 1.82) is 0 Å². The van der Waals surface area contributed by atoms with Gasteiger partial charge in [-0.2, -0.15) is 0 Å². The molecule has 0 bridgehead atoms. The molecule has 0 rings (SSSR count). The van der Waals surface area contributed by atoms with Gasteiger partial charge in [0.15, 0.2) is 0 Å². The van der Waals surface area contributed by atoms with Gasteiger partial charge in [0.05, 0.1) is 6.61 Å². The minimum atomic E-state index is -0.0684. The van der Waals surface area contributed by atoms with Crippen molar-refractivity contribution in [3.63, 3.8) is 0 Å². The molecule has 0 spiro atoms. The number of rotatable bonds is 18. The van der Waals surface area contributed by atoms with Crippen LogP contribution in [-0.2, 0) is 9.53 Å². The Kier molecular flexibility index (Phi) is 19.5. The zero-order valence-electron chi connectivity index (χ0n) is 16.1. The van der Waals surface area contributed by atoms with Gasteiger partial charge in [-0.1, -0.05) is 70.4 Å². The molecule has 0 saturated carbocycles. The lowest BCUT2D eigenvalue weighted by Gasteiger charge is -2.03. The summed E-state index contributed by atoms with van der Waals surface area (Å²) < 4.78 is 5.07. The fraction of sp³-hybridized carbons (Fsp3) is 0.857. The molecule has 0 unspecified atom stereocenters. The first kappa shape index (κ1) is 23.2. The zero-order valence-corrected chi connectivity index (χ0v) is 16.1. The summed E-state index contributed by atoms with van der Waals surface area (Å²) in [7, 11) is 0. The minimum Gasteiger partial charge on any atom is -0.466 e. The number of unbranched alkanes of at least 4 members (excludes halogenated alkanes) is 11. The van der Waals surface area contributed by atoms with Crippen LogP contribution in [0, 0.1) is 0 Å². The molecule has 0 atom stereocenters. The summed E-state index contributed by atoms with van der Waals surface area (Å²) in [6.07, 6.45) is 22.6. The summed E-state index contributed by atoms with van der Waals surface area (Å²) in [5, 5.41) is 0. The highest BCUT2D eigenvalue weighted by atomic mass is 16.5. The summed E-state index contributed by atoms with van der Waals surface area (Å²) in [6, 6.07) is 0. The average Bonchev–Trinajstić information content (AvgIpc) is 2.58. The predicted molar refractivity (Wildman–Crippen MR) is 104 cm³/mol. The van der Waals surface area contributed by atoms with Crippen molar-refractivity contribution < 1.29 is 9.53 Å². The standard InChI is InChI=1S/C21H41NO2/c1-2-3-4-5-6-7-8-9-10-11-12-13-14-15-16-18-21(23)24-20-17-19-22/h9-10H,2-8,11-20,22H2,1H3. The molecule has 0 fully saturated rings. The van der Waals surface area contributed by atoms with Crippen molar-refractivity contribution in [2.75, 3.05) is 13.2 Å². The van der Waals surface area contributed by atoms with Gasteiger partial charge in [-0.25, -0.2) is 0 Å². The Morgan fingerprint density at radius 3 is 1.92 bits per heavy atom. The number of hydrogen-bond donors (Lipinski definition) is 1. The Labute approximate surface area is 150 Å². The topological polar surface area (TPSA) is 52.3 Å². The van der Waals surface area contributed by atoms with E-state index in [0.717, 1.165) is 19.3 Å². The first-order valence-electron chi connectivity index (χ1n) is 10.3. The Morgan fingerprint density at radius 1 is 0.792 bits per heavy atom. The molecule has 0 aliphatic carbocycles. The van der Waals surface area contributed by atoms with Crippen LogP contribution in [0.15, 0.2) is 12.2 Å². The van der Waals surface area contributed by atoms with Crippen LogP contribution in [0.25, 0.3) is 0 Å². The number of ether oxygens (including phenoxy) is 1. The summed E-state index contributed by atoms with van der Waals surface area (Å²) >= 11 is 0. The SMILES string of the molecule is CCCCCCCCC=CCCCCCCCC(=O)OCCCN. The largest absolute Gasteiger partial charge is 0.466 e. The lowest BCUT2D eigenvalue weighted by atomic mass is 10.1. The molecule has 0 heterocycles. The average molecular weight is 340 g/mol. The number of hydrogen-bond acceptors (Lipinski definition) is 3. The van der Waals surface area contributed by atoms with Crippen molar-refractivity contribution in [3.8, 4) is 0 Å². The van der Waals surface area contributed by atoms with E-state index in [1.807, 2.05) is 0 Å². The second-order valence-electron chi connectivity index (χ2n) is 6.70. The third-order valence-corrected chi connectivity index (χ3v) is 4.25. The van der Waals surface area contributed by atoms with Crippen LogP contribution in [0.1, 0.15) is 103 Å². The summed E-state index contributed by atoms with van der Waals surface area (Å²) in [5.74, 6) is -0.0684. The molecule has 3 heteroatoms. The van der Waals surface area contributed by atoms with Crippen LogP contribution >= 0.6 is 0 Å².